The second-order valence-electron chi connectivity index (χ2n) is 6.85. The van der Waals surface area contributed by atoms with Gasteiger partial charge in [-0.3, -0.25) is 0 Å². The molecule has 28 heavy (non-hydrogen) atoms. The van der Waals surface area contributed by atoms with Crippen molar-refractivity contribution in [3.63, 3.8) is 0 Å². The Bertz CT molecular complexity index is 975. The van der Waals surface area contributed by atoms with E-state index in [0.717, 1.165) is 36.4 Å². The van der Waals surface area contributed by atoms with Crippen molar-refractivity contribution in [1.29, 1.82) is 0 Å². The van der Waals surface area contributed by atoms with E-state index in [1.165, 1.54) is 17.3 Å². The minimum Gasteiger partial charge on any atom is -0.491 e. The molecule has 0 aliphatic carbocycles. The third kappa shape index (κ3) is 3.64. The maximum atomic E-state index is 13.3. The second kappa shape index (κ2) is 7.71. The number of rotatable bonds is 5. The van der Waals surface area contributed by atoms with Crippen molar-refractivity contribution in [2.75, 3.05) is 23.9 Å². The van der Waals surface area contributed by atoms with E-state index < -0.39 is 0 Å². The lowest BCUT2D eigenvalue weighted by Gasteiger charge is -2.26. The van der Waals surface area contributed by atoms with Crippen LogP contribution in [0.3, 0.4) is 0 Å². The maximum Gasteiger partial charge on any atom is 0.228 e. The third-order valence-corrected chi connectivity index (χ3v) is 5.60. The third-order valence-electron chi connectivity index (χ3n) is 4.90. The van der Waals surface area contributed by atoms with Crippen molar-refractivity contribution < 1.29 is 9.13 Å². The highest BCUT2D eigenvalue weighted by molar-refractivity contribution is 7.14. The van der Waals surface area contributed by atoms with Crippen LogP contribution in [-0.2, 0) is 0 Å². The zero-order chi connectivity index (χ0) is 19.7. The lowest BCUT2D eigenvalue weighted by molar-refractivity contribution is 0.409. The Morgan fingerprint density at radius 3 is 2.68 bits per heavy atom. The Morgan fingerprint density at radius 2 is 2.00 bits per heavy atom. The van der Waals surface area contributed by atoms with E-state index in [1.54, 1.807) is 7.11 Å². The summed E-state index contributed by atoms with van der Waals surface area (Å²) >= 11 is 0.926. The molecule has 2 aromatic heterocycles. The summed E-state index contributed by atoms with van der Waals surface area (Å²) in [4.78, 5) is 15.6. The summed E-state index contributed by atoms with van der Waals surface area (Å²) in [6.45, 7) is 4.86. The molecular formula is C20H22FN5OS. The fourth-order valence-electron chi connectivity index (χ4n) is 3.56. The number of aryl methyl sites for hydroxylation is 2. The van der Waals surface area contributed by atoms with E-state index in [2.05, 4.69) is 51.4 Å². The second-order valence-corrected chi connectivity index (χ2v) is 7.83. The average molecular weight is 399 g/mol. The van der Waals surface area contributed by atoms with Gasteiger partial charge in [0.1, 0.15) is 0 Å². The summed E-state index contributed by atoms with van der Waals surface area (Å²) < 4.78 is 18.8. The highest BCUT2D eigenvalue weighted by Gasteiger charge is 2.29. The normalized spacial score (nSPS) is 16.4. The van der Waals surface area contributed by atoms with Gasteiger partial charge in [0.15, 0.2) is 21.8 Å². The SMILES string of the molecule is COc1c(C)nc(N2CCCC2c2ccc(C)cc2)nc1Nc1ncc(F)s1. The summed E-state index contributed by atoms with van der Waals surface area (Å²) in [7, 11) is 1.57. The number of benzene rings is 1. The van der Waals surface area contributed by atoms with E-state index in [9.17, 15) is 4.39 Å². The first kappa shape index (κ1) is 18.6. The largest absolute Gasteiger partial charge is 0.491 e. The lowest BCUT2D eigenvalue weighted by atomic mass is 10.0. The molecular weight excluding hydrogens is 377 g/mol. The van der Waals surface area contributed by atoms with Crippen molar-refractivity contribution in [2.24, 2.45) is 0 Å². The fourth-order valence-corrected chi connectivity index (χ4v) is 4.10. The summed E-state index contributed by atoms with van der Waals surface area (Å²) in [5.41, 5.74) is 3.23. The van der Waals surface area contributed by atoms with E-state index in [-0.39, 0.29) is 11.2 Å². The monoisotopic (exact) mass is 399 g/mol. The number of halogens is 1. The molecule has 1 saturated heterocycles. The van der Waals surface area contributed by atoms with Crippen molar-refractivity contribution in [1.82, 2.24) is 15.0 Å². The summed E-state index contributed by atoms with van der Waals surface area (Å²) in [6.07, 6.45) is 3.31. The van der Waals surface area contributed by atoms with E-state index >= 15 is 0 Å². The predicted octanol–water partition coefficient (Wildman–Crippen LogP) is 4.78. The first-order valence-electron chi connectivity index (χ1n) is 9.19. The first-order chi connectivity index (χ1) is 13.5. The quantitative estimate of drug-likeness (QED) is 0.666. The van der Waals surface area contributed by atoms with Gasteiger partial charge in [0.2, 0.25) is 5.95 Å². The molecule has 0 bridgehead atoms. The van der Waals surface area contributed by atoms with Crippen LogP contribution >= 0.6 is 11.3 Å². The molecule has 3 aromatic rings. The number of methoxy groups -OCH3 is 1. The van der Waals surface area contributed by atoms with Gasteiger partial charge in [-0.15, -0.1) is 0 Å². The molecule has 146 valence electrons. The van der Waals surface area contributed by atoms with Crippen LogP contribution in [-0.4, -0.2) is 28.6 Å². The molecule has 0 amide bonds. The molecule has 8 heteroatoms. The topological polar surface area (TPSA) is 63.2 Å². The predicted molar refractivity (Wildman–Crippen MR) is 109 cm³/mol. The molecule has 1 atom stereocenters. The fraction of sp³-hybridized carbons (Fsp3) is 0.350. The molecule has 1 fully saturated rings. The number of aromatic nitrogens is 3. The molecule has 1 aromatic carbocycles. The molecule has 0 saturated carbocycles. The number of thiazole rings is 1. The molecule has 1 aliphatic heterocycles. The van der Waals surface area contributed by atoms with Gasteiger partial charge in [-0.05, 0) is 32.3 Å². The van der Waals surface area contributed by atoms with Gasteiger partial charge in [-0.2, -0.15) is 9.37 Å². The van der Waals surface area contributed by atoms with Gasteiger partial charge in [0.05, 0.1) is 25.0 Å². The standard InChI is InChI=1S/C20H22FN5OS/c1-12-6-8-14(9-7-12)15-5-4-10-26(15)19-23-13(2)17(27-3)18(24-19)25-20-22-11-16(21)28-20/h6-9,11,15H,4-5,10H2,1-3H3,(H,22,23,24,25). The zero-order valence-electron chi connectivity index (χ0n) is 16.1. The number of hydrogen-bond acceptors (Lipinski definition) is 7. The Hall–Kier alpha value is -2.74. The van der Waals surface area contributed by atoms with Crippen LogP contribution < -0.4 is 15.0 Å². The summed E-state index contributed by atoms with van der Waals surface area (Å²) in [5, 5.41) is 3.15. The number of hydrogen-bond donors (Lipinski definition) is 1. The van der Waals surface area contributed by atoms with Gasteiger partial charge >= 0.3 is 0 Å². The Morgan fingerprint density at radius 1 is 1.21 bits per heavy atom. The minimum atomic E-state index is -0.355. The van der Waals surface area contributed by atoms with Crippen LogP contribution in [0, 0.1) is 19.0 Å². The molecule has 1 unspecified atom stereocenters. The van der Waals surface area contributed by atoms with Crippen molar-refractivity contribution >= 4 is 28.2 Å². The van der Waals surface area contributed by atoms with Gasteiger partial charge < -0.3 is 15.0 Å². The number of anilines is 3. The Labute approximate surface area is 167 Å². The van der Waals surface area contributed by atoms with Crippen LogP contribution in [0.4, 0.5) is 21.3 Å². The van der Waals surface area contributed by atoms with Crippen LogP contribution in [0.2, 0.25) is 0 Å². The van der Waals surface area contributed by atoms with Crippen molar-refractivity contribution in [3.05, 3.63) is 52.4 Å². The highest BCUT2D eigenvalue weighted by atomic mass is 32.1. The molecule has 3 heterocycles. The Kier molecular flexibility index (Phi) is 5.13. The Balaban J connectivity index is 1.69. The molecule has 0 spiro atoms. The zero-order valence-corrected chi connectivity index (χ0v) is 16.9. The summed E-state index contributed by atoms with van der Waals surface area (Å²) in [5.74, 6) is 1.67. The number of ether oxygens (including phenoxy) is 1. The smallest absolute Gasteiger partial charge is 0.228 e. The van der Waals surface area contributed by atoms with Gasteiger partial charge in [0, 0.05) is 6.54 Å². The molecule has 0 radical (unpaired) electrons. The maximum absolute atomic E-state index is 13.3. The average Bonchev–Trinajstić information content (AvgIpc) is 3.31. The van der Waals surface area contributed by atoms with E-state index in [0.29, 0.717) is 22.6 Å². The van der Waals surface area contributed by atoms with Crippen LogP contribution in [0.15, 0.2) is 30.5 Å². The summed E-state index contributed by atoms with van der Waals surface area (Å²) in [6, 6.07) is 8.85. The molecule has 1 aliphatic rings. The molecule has 1 N–H and O–H groups in total. The van der Waals surface area contributed by atoms with Crippen LogP contribution in [0.5, 0.6) is 5.75 Å². The van der Waals surface area contributed by atoms with Gasteiger partial charge in [-0.1, -0.05) is 41.2 Å². The number of nitrogens with zero attached hydrogens (tertiary/aromatic N) is 4. The van der Waals surface area contributed by atoms with Crippen molar-refractivity contribution in [2.45, 2.75) is 32.7 Å². The molecule has 4 rings (SSSR count). The van der Waals surface area contributed by atoms with Gasteiger partial charge in [-0.25, -0.2) is 9.97 Å². The van der Waals surface area contributed by atoms with E-state index in [1.807, 2.05) is 6.92 Å². The minimum absolute atomic E-state index is 0.235. The number of nitrogens with one attached hydrogen (secondary N) is 1. The molecule has 6 nitrogen and oxygen atoms in total. The van der Waals surface area contributed by atoms with Gasteiger partial charge in [0.25, 0.3) is 0 Å². The van der Waals surface area contributed by atoms with Crippen LogP contribution in [0.1, 0.15) is 35.7 Å². The van der Waals surface area contributed by atoms with Crippen LogP contribution in [0.25, 0.3) is 0 Å². The van der Waals surface area contributed by atoms with E-state index in [4.69, 9.17) is 9.72 Å². The lowest BCUT2D eigenvalue weighted by Crippen LogP contribution is -2.25. The first-order valence-corrected chi connectivity index (χ1v) is 10.0. The van der Waals surface area contributed by atoms with Crippen molar-refractivity contribution in [3.8, 4) is 5.75 Å². The highest BCUT2D eigenvalue weighted by Crippen LogP contribution is 2.38.